The number of carboxylic acids is 1. The summed E-state index contributed by atoms with van der Waals surface area (Å²) in [5.74, 6) is -2.94. The number of carbonyl (C=O) groups excluding carboxylic acids is 1. The first-order valence-corrected chi connectivity index (χ1v) is 13.0. The zero-order valence-corrected chi connectivity index (χ0v) is 21.6. The van der Waals surface area contributed by atoms with Crippen molar-refractivity contribution < 1.29 is 33.3 Å². The molecule has 2 heterocycles. The summed E-state index contributed by atoms with van der Waals surface area (Å²) >= 11 is 0.725. The van der Waals surface area contributed by atoms with E-state index in [2.05, 4.69) is 24.8 Å². The number of hydrogen-bond donors (Lipinski definition) is 4. The molecule has 0 saturated carbocycles. The molecule has 1 aliphatic heterocycles. The van der Waals surface area contributed by atoms with Crippen LogP contribution in [0.4, 0.5) is 18.6 Å². The molecule has 10 nitrogen and oxygen atoms in total. The number of hydrogen-bond acceptors (Lipinski definition) is 8. The highest BCUT2D eigenvalue weighted by Gasteiger charge is 2.24. The van der Waals surface area contributed by atoms with Crippen LogP contribution < -0.4 is 15.4 Å². The van der Waals surface area contributed by atoms with E-state index in [1.165, 1.54) is 6.92 Å². The lowest BCUT2D eigenvalue weighted by molar-refractivity contribution is 0.0693. The molecule has 4 N–H and O–H groups in total. The van der Waals surface area contributed by atoms with Gasteiger partial charge in [-0.05, 0) is 62.0 Å². The summed E-state index contributed by atoms with van der Waals surface area (Å²) in [7, 11) is 0. The summed E-state index contributed by atoms with van der Waals surface area (Å²) in [6, 6.07) is 1.45. The van der Waals surface area contributed by atoms with E-state index in [0.717, 1.165) is 82.2 Å². The smallest absolute Gasteiger partial charge is 0.344 e. The Kier molecular flexibility index (Phi) is 11.0. The van der Waals surface area contributed by atoms with Gasteiger partial charge in [-0.3, -0.25) is 5.32 Å². The number of rotatable bonds is 13. The molecular weight excluding hydrogens is 508 g/mol. The number of piperazine rings is 1. The van der Waals surface area contributed by atoms with Crippen molar-refractivity contribution in [3.8, 4) is 5.88 Å². The van der Waals surface area contributed by atoms with E-state index in [1.54, 1.807) is 0 Å². The van der Waals surface area contributed by atoms with Crippen molar-refractivity contribution in [2.45, 2.75) is 32.8 Å². The second kappa shape index (κ2) is 14.2. The van der Waals surface area contributed by atoms with Crippen molar-refractivity contribution in [3.05, 3.63) is 40.5 Å². The summed E-state index contributed by atoms with van der Waals surface area (Å²) in [6.07, 6.45) is 2.47. The van der Waals surface area contributed by atoms with Crippen LogP contribution in [0.3, 0.4) is 0 Å². The highest BCUT2D eigenvalue weighted by Crippen LogP contribution is 2.31. The fraction of sp³-hybridized carbons (Fsp3) is 0.542. The Labute approximate surface area is 218 Å². The number of aliphatic hydroxyl groups excluding tert-OH is 1. The van der Waals surface area contributed by atoms with Crippen LogP contribution in [-0.4, -0.2) is 88.8 Å². The van der Waals surface area contributed by atoms with Crippen molar-refractivity contribution in [1.29, 1.82) is 0 Å². The molecule has 1 aromatic carbocycles. The van der Waals surface area contributed by atoms with Gasteiger partial charge in [0.05, 0.1) is 0 Å². The van der Waals surface area contributed by atoms with Crippen molar-refractivity contribution >= 4 is 28.5 Å². The number of anilines is 1. The van der Waals surface area contributed by atoms with Crippen LogP contribution in [0.25, 0.3) is 0 Å². The molecule has 1 fully saturated rings. The van der Waals surface area contributed by atoms with Crippen molar-refractivity contribution in [2.75, 3.05) is 57.7 Å². The van der Waals surface area contributed by atoms with Crippen LogP contribution in [0.2, 0.25) is 0 Å². The lowest BCUT2D eigenvalue weighted by atomic mass is 10.1. The molecule has 13 heteroatoms. The minimum Gasteiger partial charge on any atom is -0.477 e. The van der Waals surface area contributed by atoms with E-state index in [0.29, 0.717) is 6.54 Å². The highest BCUT2D eigenvalue weighted by atomic mass is 32.1. The average molecular weight is 542 g/mol. The predicted molar refractivity (Wildman–Crippen MR) is 135 cm³/mol. The molecule has 37 heavy (non-hydrogen) atoms. The largest absolute Gasteiger partial charge is 0.477 e. The second-order valence-corrected chi connectivity index (χ2v) is 9.60. The molecule has 0 unspecified atom stereocenters. The number of nitrogens with zero attached hydrogens (tertiary/aromatic N) is 3. The van der Waals surface area contributed by atoms with Gasteiger partial charge in [0.2, 0.25) is 5.88 Å². The molecule has 1 aromatic heterocycles. The molecule has 0 radical (unpaired) electrons. The van der Waals surface area contributed by atoms with Gasteiger partial charge < -0.3 is 30.1 Å². The van der Waals surface area contributed by atoms with E-state index < -0.39 is 30.2 Å². The van der Waals surface area contributed by atoms with E-state index in [-0.39, 0.29) is 34.2 Å². The summed E-state index contributed by atoms with van der Waals surface area (Å²) in [5.41, 5.74) is -0.290. The third-order valence-electron chi connectivity index (χ3n) is 6.08. The fourth-order valence-electron chi connectivity index (χ4n) is 3.93. The number of carbonyl (C=O) groups is 2. The highest BCUT2D eigenvalue weighted by molar-refractivity contribution is 7.11. The quantitative estimate of drug-likeness (QED) is 0.285. The number of ether oxygens (including phenoxy) is 1. The first-order valence-electron chi connectivity index (χ1n) is 12.2. The van der Waals surface area contributed by atoms with Gasteiger partial charge in [-0.2, -0.15) is 4.37 Å². The van der Waals surface area contributed by atoms with Gasteiger partial charge in [0.15, 0.2) is 5.56 Å². The minimum atomic E-state index is -1.37. The number of amides is 2. The molecule has 0 atom stereocenters. The average Bonchev–Trinajstić information content (AvgIpc) is 3.27. The molecule has 204 valence electrons. The summed E-state index contributed by atoms with van der Waals surface area (Å²) in [6.45, 7) is 7.45. The number of urea groups is 1. The van der Waals surface area contributed by atoms with Crippen molar-refractivity contribution in [3.63, 3.8) is 0 Å². The number of halogens is 2. The second-order valence-electron chi connectivity index (χ2n) is 8.83. The Bertz CT molecular complexity index is 1060. The third-order valence-corrected chi connectivity index (χ3v) is 6.82. The zero-order chi connectivity index (χ0) is 26.8. The molecular formula is C24H33F2N5O5S. The standard InChI is InChI=1S/C24H33F2N5O5S/c1-16-13-19(26)17(14-18(16)25)15-36-21-20(23(33)34)22(37-29-21)28-24(35)27-5-2-3-6-30-8-10-31(11-9-30)7-4-12-32/h13-14,32H,2-12,15H2,1H3,(H,33,34)(H2,27,28,35). The van der Waals surface area contributed by atoms with Gasteiger partial charge in [-0.25, -0.2) is 18.4 Å². The van der Waals surface area contributed by atoms with Gasteiger partial charge in [-0.15, -0.1) is 0 Å². The summed E-state index contributed by atoms with van der Waals surface area (Å²) < 4.78 is 37.0. The van der Waals surface area contributed by atoms with E-state index in [9.17, 15) is 23.5 Å². The number of aliphatic hydroxyl groups is 1. The number of aromatic nitrogens is 1. The van der Waals surface area contributed by atoms with Crippen molar-refractivity contribution in [2.24, 2.45) is 0 Å². The Hall–Kier alpha value is -2.87. The van der Waals surface area contributed by atoms with Gasteiger partial charge in [0, 0.05) is 51.4 Å². The maximum atomic E-state index is 14.0. The Morgan fingerprint density at radius 3 is 2.41 bits per heavy atom. The van der Waals surface area contributed by atoms with Crippen LogP contribution in [0.5, 0.6) is 5.88 Å². The van der Waals surface area contributed by atoms with Crippen LogP contribution in [0, 0.1) is 18.6 Å². The first-order chi connectivity index (χ1) is 17.8. The van der Waals surface area contributed by atoms with Crippen LogP contribution in [0.15, 0.2) is 12.1 Å². The number of benzene rings is 1. The lowest BCUT2D eigenvalue weighted by Gasteiger charge is -2.34. The zero-order valence-electron chi connectivity index (χ0n) is 20.8. The van der Waals surface area contributed by atoms with Gasteiger partial charge in [0.1, 0.15) is 23.2 Å². The Morgan fingerprint density at radius 2 is 1.76 bits per heavy atom. The number of aryl methyl sites for hydroxylation is 1. The molecule has 2 amide bonds. The van der Waals surface area contributed by atoms with E-state index in [1.807, 2.05) is 0 Å². The summed E-state index contributed by atoms with van der Waals surface area (Å²) in [4.78, 5) is 28.7. The SMILES string of the molecule is Cc1cc(F)c(COc2nsc(NC(=O)NCCCCN3CCN(CCCO)CC3)c2C(=O)O)cc1F. The van der Waals surface area contributed by atoms with E-state index >= 15 is 0 Å². The molecule has 0 aliphatic carbocycles. The monoisotopic (exact) mass is 541 g/mol. The van der Waals surface area contributed by atoms with Gasteiger partial charge >= 0.3 is 12.0 Å². The van der Waals surface area contributed by atoms with E-state index in [4.69, 9.17) is 9.84 Å². The maximum absolute atomic E-state index is 14.0. The predicted octanol–water partition coefficient (Wildman–Crippen LogP) is 2.91. The Balaban J connectivity index is 1.41. The molecule has 0 bridgehead atoms. The molecule has 1 saturated heterocycles. The van der Waals surface area contributed by atoms with Gasteiger partial charge in [-0.1, -0.05) is 0 Å². The first kappa shape index (κ1) is 28.7. The normalized spacial score (nSPS) is 14.5. The minimum absolute atomic E-state index is 0.0189. The topological polar surface area (TPSA) is 127 Å². The molecule has 1 aliphatic rings. The Morgan fingerprint density at radius 1 is 1.08 bits per heavy atom. The number of unbranched alkanes of at least 4 members (excludes halogenated alkanes) is 1. The van der Waals surface area contributed by atoms with Crippen LogP contribution >= 0.6 is 11.5 Å². The van der Waals surface area contributed by atoms with Crippen LogP contribution in [-0.2, 0) is 6.61 Å². The number of aromatic carboxylic acids is 1. The van der Waals surface area contributed by atoms with Crippen LogP contribution in [0.1, 0.15) is 40.7 Å². The molecule has 3 rings (SSSR count). The molecule has 2 aromatic rings. The number of carboxylic acid groups (broad SMARTS) is 1. The maximum Gasteiger partial charge on any atom is 0.344 e. The van der Waals surface area contributed by atoms with Gasteiger partial charge in [0.25, 0.3) is 0 Å². The molecule has 0 spiro atoms. The van der Waals surface area contributed by atoms with Crippen molar-refractivity contribution in [1.82, 2.24) is 19.5 Å². The lowest BCUT2D eigenvalue weighted by Crippen LogP contribution is -2.46. The summed E-state index contributed by atoms with van der Waals surface area (Å²) in [5, 5.41) is 23.7. The third kappa shape index (κ3) is 8.59. The fourth-order valence-corrected chi connectivity index (χ4v) is 4.66. The number of nitrogens with one attached hydrogen (secondary N) is 2.